The Labute approximate surface area is 167 Å². The maximum Gasteiger partial charge on any atom is 0.211 e. The van der Waals surface area contributed by atoms with Crippen LogP contribution in [0.1, 0.15) is 18.6 Å². The summed E-state index contributed by atoms with van der Waals surface area (Å²) in [6.45, 7) is 5.98. The Kier molecular flexibility index (Phi) is 9.51. The standard InChI is InChI=1S/C16H26N4O3S.HI/c1-3-9-17-16(18-10-8-15-7-5-12-23-15)19-13-14-6-4-11-20(14)24(2,21)22;/h3,5,7,12,14H,1,4,6,8-11,13H2,2H3,(H2,17,18,19);1H/t14-;/m1./s1. The number of hydrogen-bond donors (Lipinski definition) is 2. The van der Waals surface area contributed by atoms with Crippen molar-refractivity contribution in [2.75, 3.05) is 32.4 Å². The Balaban J connectivity index is 0.00000312. The predicted octanol–water partition coefficient (Wildman–Crippen LogP) is 1.59. The number of rotatable bonds is 8. The maximum absolute atomic E-state index is 11.8. The third kappa shape index (κ3) is 7.37. The lowest BCUT2D eigenvalue weighted by molar-refractivity contribution is 0.396. The summed E-state index contributed by atoms with van der Waals surface area (Å²) in [5.74, 6) is 1.56. The summed E-state index contributed by atoms with van der Waals surface area (Å²) >= 11 is 0. The molecule has 1 saturated heterocycles. The molecule has 7 nitrogen and oxygen atoms in total. The molecule has 1 aromatic rings. The zero-order chi connectivity index (χ0) is 17.4. The first-order valence-corrected chi connectivity index (χ1v) is 9.98. The van der Waals surface area contributed by atoms with Crippen molar-refractivity contribution in [3.8, 4) is 0 Å². The van der Waals surface area contributed by atoms with Crippen LogP contribution in [0, 0.1) is 0 Å². The van der Waals surface area contributed by atoms with Gasteiger partial charge in [-0.15, -0.1) is 30.6 Å². The van der Waals surface area contributed by atoms with Gasteiger partial charge in [0.1, 0.15) is 5.76 Å². The summed E-state index contributed by atoms with van der Waals surface area (Å²) in [5, 5.41) is 6.38. The summed E-state index contributed by atoms with van der Waals surface area (Å²) in [6, 6.07) is 3.73. The van der Waals surface area contributed by atoms with Gasteiger partial charge < -0.3 is 15.1 Å². The molecule has 142 valence electrons. The fourth-order valence-electron chi connectivity index (χ4n) is 2.73. The van der Waals surface area contributed by atoms with Crippen molar-refractivity contribution in [1.29, 1.82) is 0 Å². The molecule has 25 heavy (non-hydrogen) atoms. The van der Waals surface area contributed by atoms with Crippen LogP contribution in [0.5, 0.6) is 0 Å². The van der Waals surface area contributed by atoms with E-state index in [1.807, 2.05) is 12.1 Å². The van der Waals surface area contributed by atoms with Gasteiger partial charge in [-0.2, -0.15) is 4.31 Å². The lowest BCUT2D eigenvalue weighted by Gasteiger charge is -2.21. The highest BCUT2D eigenvalue weighted by Crippen LogP contribution is 2.20. The van der Waals surface area contributed by atoms with Crippen molar-refractivity contribution in [3.63, 3.8) is 0 Å². The van der Waals surface area contributed by atoms with Gasteiger partial charge >= 0.3 is 0 Å². The van der Waals surface area contributed by atoms with E-state index in [0.29, 0.717) is 32.1 Å². The molecule has 0 aliphatic carbocycles. The minimum atomic E-state index is -3.17. The van der Waals surface area contributed by atoms with Crippen molar-refractivity contribution < 1.29 is 12.8 Å². The molecular formula is C16H27IN4O3S. The second kappa shape index (κ2) is 10.8. The fraction of sp³-hybridized carbons (Fsp3) is 0.562. The Morgan fingerprint density at radius 3 is 2.96 bits per heavy atom. The van der Waals surface area contributed by atoms with E-state index in [1.54, 1.807) is 16.6 Å². The predicted molar refractivity (Wildman–Crippen MR) is 111 cm³/mol. The molecule has 1 aliphatic heterocycles. The van der Waals surface area contributed by atoms with Crippen molar-refractivity contribution in [3.05, 3.63) is 36.8 Å². The minimum Gasteiger partial charge on any atom is -0.469 e. The minimum absolute atomic E-state index is 0. The van der Waals surface area contributed by atoms with Gasteiger partial charge in [-0.05, 0) is 25.0 Å². The molecule has 1 atom stereocenters. The summed E-state index contributed by atoms with van der Waals surface area (Å²) in [7, 11) is -3.17. The highest BCUT2D eigenvalue weighted by Gasteiger charge is 2.31. The SMILES string of the molecule is C=CCNC(=NC[C@H]1CCCN1S(C)(=O)=O)NCCc1ccco1.I. The van der Waals surface area contributed by atoms with E-state index in [1.165, 1.54) is 6.26 Å². The van der Waals surface area contributed by atoms with E-state index in [-0.39, 0.29) is 30.0 Å². The van der Waals surface area contributed by atoms with Crippen LogP contribution in [-0.4, -0.2) is 57.2 Å². The lowest BCUT2D eigenvalue weighted by atomic mass is 10.2. The van der Waals surface area contributed by atoms with Crippen LogP contribution in [0.15, 0.2) is 40.5 Å². The van der Waals surface area contributed by atoms with Crippen LogP contribution >= 0.6 is 24.0 Å². The number of hydrogen-bond acceptors (Lipinski definition) is 4. The fourth-order valence-corrected chi connectivity index (χ4v) is 3.90. The zero-order valence-corrected chi connectivity index (χ0v) is 17.6. The van der Waals surface area contributed by atoms with Crippen LogP contribution in [0.25, 0.3) is 0 Å². The number of aliphatic imine (C=N–C) groups is 1. The highest BCUT2D eigenvalue weighted by atomic mass is 127. The molecule has 1 aliphatic rings. The van der Waals surface area contributed by atoms with E-state index in [2.05, 4.69) is 22.2 Å². The Morgan fingerprint density at radius 1 is 1.52 bits per heavy atom. The molecule has 0 unspecified atom stereocenters. The summed E-state index contributed by atoms with van der Waals surface area (Å²) in [4.78, 5) is 4.54. The van der Waals surface area contributed by atoms with E-state index in [4.69, 9.17) is 4.42 Å². The first kappa shape index (κ1) is 22.0. The Bertz CT molecular complexity index is 646. The molecule has 2 rings (SSSR count). The van der Waals surface area contributed by atoms with Gasteiger partial charge in [-0.25, -0.2) is 8.42 Å². The van der Waals surface area contributed by atoms with Crippen molar-refractivity contribution in [1.82, 2.24) is 14.9 Å². The van der Waals surface area contributed by atoms with Gasteiger partial charge in [0.25, 0.3) is 0 Å². The van der Waals surface area contributed by atoms with Crippen LogP contribution in [-0.2, 0) is 16.4 Å². The van der Waals surface area contributed by atoms with Gasteiger partial charge in [-0.1, -0.05) is 6.08 Å². The maximum atomic E-state index is 11.8. The third-order valence-corrected chi connectivity index (χ3v) is 5.20. The molecular weight excluding hydrogens is 455 g/mol. The lowest BCUT2D eigenvalue weighted by Crippen LogP contribution is -2.41. The number of halogens is 1. The molecule has 0 amide bonds. The summed E-state index contributed by atoms with van der Waals surface area (Å²) in [6.07, 6.45) is 7.14. The molecule has 2 N–H and O–H groups in total. The molecule has 2 heterocycles. The van der Waals surface area contributed by atoms with E-state index >= 15 is 0 Å². The first-order valence-electron chi connectivity index (χ1n) is 8.13. The summed E-state index contributed by atoms with van der Waals surface area (Å²) in [5.41, 5.74) is 0. The van der Waals surface area contributed by atoms with E-state index in [9.17, 15) is 8.42 Å². The van der Waals surface area contributed by atoms with E-state index in [0.717, 1.165) is 25.0 Å². The van der Waals surface area contributed by atoms with Crippen molar-refractivity contribution >= 4 is 40.0 Å². The average Bonchev–Trinajstić information content (AvgIpc) is 3.20. The van der Waals surface area contributed by atoms with Crippen molar-refractivity contribution in [2.24, 2.45) is 4.99 Å². The first-order chi connectivity index (χ1) is 11.5. The topological polar surface area (TPSA) is 86.9 Å². The molecule has 9 heteroatoms. The number of nitrogens with zero attached hydrogens (tertiary/aromatic N) is 2. The monoisotopic (exact) mass is 482 g/mol. The second-order valence-electron chi connectivity index (χ2n) is 5.78. The van der Waals surface area contributed by atoms with Gasteiger partial charge in [0.15, 0.2) is 5.96 Å². The smallest absolute Gasteiger partial charge is 0.211 e. The number of furan rings is 1. The quantitative estimate of drug-likeness (QED) is 0.254. The van der Waals surface area contributed by atoms with Gasteiger partial charge in [0, 0.05) is 32.1 Å². The Hall–Kier alpha value is -1.07. The van der Waals surface area contributed by atoms with E-state index < -0.39 is 10.0 Å². The molecule has 1 aromatic heterocycles. The molecule has 0 spiro atoms. The van der Waals surface area contributed by atoms with Gasteiger partial charge in [-0.3, -0.25) is 4.99 Å². The van der Waals surface area contributed by atoms with Crippen LogP contribution in [0.3, 0.4) is 0 Å². The number of nitrogens with one attached hydrogen (secondary N) is 2. The molecule has 0 bridgehead atoms. The molecule has 0 radical (unpaired) electrons. The highest BCUT2D eigenvalue weighted by molar-refractivity contribution is 14.0. The zero-order valence-electron chi connectivity index (χ0n) is 14.5. The molecule has 1 fully saturated rings. The molecule has 0 aromatic carbocycles. The van der Waals surface area contributed by atoms with Crippen LogP contribution < -0.4 is 10.6 Å². The Morgan fingerprint density at radius 2 is 2.32 bits per heavy atom. The third-order valence-electron chi connectivity index (χ3n) is 3.87. The molecule has 0 saturated carbocycles. The average molecular weight is 482 g/mol. The van der Waals surface area contributed by atoms with Crippen LogP contribution in [0.4, 0.5) is 0 Å². The summed E-state index contributed by atoms with van der Waals surface area (Å²) < 4.78 is 30.4. The van der Waals surface area contributed by atoms with Crippen LogP contribution in [0.2, 0.25) is 0 Å². The normalized spacial score (nSPS) is 18.6. The second-order valence-corrected chi connectivity index (χ2v) is 7.72. The number of sulfonamides is 1. The van der Waals surface area contributed by atoms with Gasteiger partial charge in [0.2, 0.25) is 10.0 Å². The van der Waals surface area contributed by atoms with Gasteiger partial charge in [0.05, 0.1) is 19.1 Å². The largest absolute Gasteiger partial charge is 0.469 e. The number of guanidine groups is 1. The van der Waals surface area contributed by atoms with Crippen molar-refractivity contribution in [2.45, 2.75) is 25.3 Å².